The number of hydrogen-bond donors (Lipinski definition) is 3. The van der Waals surface area contributed by atoms with E-state index in [1.807, 2.05) is 0 Å². The van der Waals surface area contributed by atoms with Gasteiger partial charge in [0.1, 0.15) is 0 Å². The monoisotopic (exact) mass is 128 g/mol. The van der Waals surface area contributed by atoms with Crippen molar-refractivity contribution in [3.8, 4) is 0 Å². The van der Waals surface area contributed by atoms with E-state index in [9.17, 15) is 0 Å². The maximum absolute atomic E-state index is 7.51. The van der Waals surface area contributed by atoms with Gasteiger partial charge < -0.3 is 9.79 Å². The van der Waals surface area contributed by atoms with Crippen molar-refractivity contribution < 1.29 is 19.7 Å². The summed E-state index contributed by atoms with van der Waals surface area (Å²) < 4.78 is 2.93. The Balaban J connectivity index is 0. The Morgan fingerprint density at radius 1 is 1.33 bits per heavy atom. The standard InChI is InChI=1S/Al.H3O4P.3H/c;1-4-5(2)3;;;/h;1-3H;;;. The fraction of sp³-hybridized carbons (Fsp3) is 0. The zero-order valence-electron chi connectivity index (χ0n) is 2.20. The Morgan fingerprint density at radius 3 is 1.50 bits per heavy atom. The smallest absolute Gasteiger partial charge is 0.327 e. The van der Waals surface area contributed by atoms with Crippen molar-refractivity contribution in [2.75, 3.05) is 0 Å². The van der Waals surface area contributed by atoms with Crippen molar-refractivity contribution in [1.29, 1.82) is 0 Å². The van der Waals surface area contributed by atoms with E-state index in [0.29, 0.717) is 0 Å². The molecule has 0 radical (unpaired) electrons. The molecule has 0 bridgehead atoms. The number of hydrogen-bond acceptors (Lipinski definition) is 4. The molecule has 0 aliphatic heterocycles. The molecule has 6 heavy (non-hydrogen) atoms. The third-order valence-corrected chi connectivity index (χ3v) is 0.219. The molecule has 38 valence electrons. The lowest BCUT2D eigenvalue weighted by Gasteiger charge is -1.86. The molecular formula is H6AlO4P. The van der Waals surface area contributed by atoms with Gasteiger partial charge >= 0.3 is 8.60 Å². The topological polar surface area (TPSA) is 69.9 Å². The molecular weight excluding hydrogens is 122 g/mol. The third kappa shape index (κ3) is 8.84. The van der Waals surface area contributed by atoms with Crippen LogP contribution in [0.15, 0.2) is 0 Å². The van der Waals surface area contributed by atoms with Gasteiger partial charge in [0.15, 0.2) is 17.4 Å². The Kier molecular flexibility index (Phi) is 9.60. The van der Waals surface area contributed by atoms with E-state index >= 15 is 0 Å². The highest BCUT2D eigenvalue weighted by atomic mass is 31.2. The highest BCUT2D eigenvalue weighted by Gasteiger charge is 1.89. The maximum atomic E-state index is 7.51. The lowest BCUT2D eigenvalue weighted by Crippen LogP contribution is -1.68. The van der Waals surface area contributed by atoms with Crippen molar-refractivity contribution in [3.05, 3.63) is 0 Å². The molecule has 0 heterocycles. The summed E-state index contributed by atoms with van der Waals surface area (Å²) in [5.41, 5.74) is 0. The summed E-state index contributed by atoms with van der Waals surface area (Å²) in [6, 6.07) is 0. The van der Waals surface area contributed by atoms with E-state index in [1.54, 1.807) is 0 Å². The molecule has 4 nitrogen and oxygen atoms in total. The highest BCUT2D eigenvalue weighted by molar-refractivity contribution is 7.39. The van der Waals surface area contributed by atoms with Crippen LogP contribution in [0.5, 0.6) is 0 Å². The maximum Gasteiger partial charge on any atom is 0.357 e. The largest absolute Gasteiger partial charge is 0.357 e. The van der Waals surface area contributed by atoms with Crippen LogP contribution >= 0.6 is 8.60 Å². The normalized spacial score (nSPS) is 8.00. The first-order chi connectivity index (χ1) is 2.27. The summed E-state index contributed by atoms with van der Waals surface area (Å²) in [5.74, 6) is 0. The van der Waals surface area contributed by atoms with Crippen molar-refractivity contribution >= 4 is 26.0 Å². The van der Waals surface area contributed by atoms with E-state index in [0.717, 1.165) is 0 Å². The lowest BCUT2D eigenvalue weighted by atomic mass is 15.0. The average molecular weight is 128 g/mol. The lowest BCUT2D eigenvalue weighted by molar-refractivity contribution is -0.146. The van der Waals surface area contributed by atoms with Gasteiger partial charge in [-0.05, 0) is 0 Å². The van der Waals surface area contributed by atoms with Crippen LogP contribution < -0.4 is 0 Å². The van der Waals surface area contributed by atoms with Crippen LogP contribution in [0.4, 0.5) is 0 Å². The van der Waals surface area contributed by atoms with E-state index in [4.69, 9.17) is 15.0 Å². The van der Waals surface area contributed by atoms with Gasteiger partial charge in [-0.1, -0.05) is 0 Å². The third-order valence-electron chi connectivity index (χ3n) is 0.0730. The van der Waals surface area contributed by atoms with E-state index in [1.165, 1.54) is 0 Å². The molecule has 0 aromatic rings. The van der Waals surface area contributed by atoms with Gasteiger partial charge in [0, 0.05) is 0 Å². The molecule has 0 aromatic heterocycles. The van der Waals surface area contributed by atoms with Crippen LogP contribution in [-0.2, 0) is 4.67 Å². The van der Waals surface area contributed by atoms with Crippen molar-refractivity contribution in [3.63, 3.8) is 0 Å². The zero-order chi connectivity index (χ0) is 4.28. The van der Waals surface area contributed by atoms with Gasteiger partial charge in [0.05, 0.1) is 0 Å². The molecule has 0 saturated carbocycles. The van der Waals surface area contributed by atoms with Crippen molar-refractivity contribution in [2.24, 2.45) is 0 Å². The Labute approximate surface area is 46.4 Å². The SMILES string of the molecule is OOP(O)O.[AlH3]. The minimum atomic E-state index is -2.54. The van der Waals surface area contributed by atoms with Gasteiger partial charge in [-0.2, -0.15) is 4.67 Å². The first-order valence-electron chi connectivity index (χ1n) is 0.765. The molecule has 0 rings (SSSR count). The van der Waals surface area contributed by atoms with Crippen molar-refractivity contribution in [1.82, 2.24) is 0 Å². The Hall–Kier alpha value is 0.802. The molecule has 0 aromatic carbocycles. The molecule has 0 atom stereocenters. The van der Waals surface area contributed by atoms with Crippen molar-refractivity contribution in [2.45, 2.75) is 0 Å². The summed E-state index contributed by atoms with van der Waals surface area (Å²) in [6.07, 6.45) is 0. The minimum absolute atomic E-state index is 0. The van der Waals surface area contributed by atoms with Gasteiger partial charge in [-0.25, -0.2) is 5.26 Å². The summed E-state index contributed by atoms with van der Waals surface area (Å²) in [7, 11) is -2.54. The second kappa shape index (κ2) is 5.80. The Bertz CT molecular complexity index is 21.5. The highest BCUT2D eigenvalue weighted by Crippen LogP contribution is 2.20. The number of rotatable bonds is 1. The predicted molar refractivity (Wildman–Crippen MR) is 25.0 cm³/mol. The molecule has 0 amide bonds. The summed E-state index contributed by atoms with van der Waals surface area (Å²) in [6.45, 7) is 0. The molecule has 0 unspecified atom stereocenters. The van der Waals surface area contributed by atoms with E-state index < -0.39 is 8.60 Å². The van der Waals surface area contributed by atoms with Crippen LogP contribution in [-0.4, -0.2) is 32.4 Å². The van der Waals surface area contributed by atoms with Crippen LogP contribution in [0.1, 0.15) is 0 Å². The average Bonchev–Trinajstić information content (AvgIpc) is 1.38. The minimum Gasteiger partial charge on any atom is -0.327 e. The second-order valence-corrected chi connectivity index (χ2v) is 1.00. The van der Waals surface area contributed by atoms with Crippen LogP contribution in [0.2, 0.25) is 0 Å². The molecule has 0 aliphatic carbocycles. The predicted octanol–water partition coefficient (Wildman–Crippen LogP) is -1.50. The molecule has 0 aliphatic rings. The van der Waals surface area contributed by atoms with E-state index in [2.05, 4.69) is 4.67 Å². The first-order valence-corrected chi connectivity index (χ1v) is 1.93. The summed E-state index contributed by atoms with van der Waals surface area (Å²) in [5, 5.41) is 7.17. The van der Waals surface area contributed by atoms with Gasteiger partial charge in [0.25, 0.3) is 0 Å². The second-order valence-electron chi connectivity index (χ2n) is 0.334. The summed E-state index contributed by atoms with van der Waals surface area (Å²) >= 11 is 0. The zero-order valence-corrected chi connectivity index (χ0v) is 3.09. The molecule has 3 N–H and O–H groups in total. The van der Waals surface area contributed by atoms with Gasteiger partial charge in [0.2, 0.25) is 0 Å². The molecule has 0 saturated heterocycles. The summed E-state index contributed by atoms with van der Waals surface area (Å²) in [4.78, 5) is 15.0. The van der Waals surface area contributed by atoms with Crippen LogP contribution in [0.3, 0.4) is 0 Å². The van der Waals surface area contributed by atoms with Crippen LogP contribution in [0.25, 0.3) is 0 Å². The Morgan fingerprint density at radius 2 is 1.50 bits per heavy atom. The van der Waals surface area contributed by atoms with Crippen LogP contribution in [0, 0.1) is 0 Å². The molecule has 0 spiro atoms. The molecule has 0 fully saturated rings. The fourth-order valence-corrected chi connectivity index (χ4v) is 0. The molecule has 6 heteroatoms. The first kappa shape index (κ1) is 9.93. The van der Waals surface area contributed by atoms with Gasteiger partial charge in [-0.3, -0.25) is 0 Å². The van der Waals surface area contributed by atoms with E-state index in [-0.39, 0.29) is 17.4 Å². The fourth-order valence-electron chi connectivity index (χ4n) is 0. The van der Waals surface area contributed by atoms with Gasteiger partial charge in [-0.15, -0.1) is 0 Å². The quantitative estimate of drug-likeness (QED) is 0.174.